The second-order valence-corrected chi connectivity index (χ2v) is 10.8. The van der Waals surface area contributed by atoms with E-state index in [2.05, 4.69) is 26.0 Å². The van der Waals surface area contributed by atoms with Crippen molar-refractivity contribution in [1.29, 1.82) is 0 Å². The largest absolute Gasteiger partial charge is 0.383 e. The zero-order valence-electron chi connectivity index (χ0n) is 21.6. The molecule has 7 heteroatoms. The molecular weight excluding hydrogens is 462 g/mol. The molecule has 0 aliphatic carbocycles. The summed E-state index contributed by atoms with van der Waals surface area (Å²) in [6.07, 6.45) is 0.890. The number of carbonyl (C=O) groups is 2. The molecule has 2 amide bonds. The normalized spacial score (nSPS) is 15.8. The monoisotopic (exact) mass is 497 g/mol. The number of halogens is 1. The summed E-state index contributed by atoms with van der Waals surface area (Å²) >= 11 is 6.54. The summed E-state index contributed by atoms with van der Waals surface area (Å²) in [6.45, 7) is 10.8. The Morgan fingerprint density at radius 2 is 1.86 bits per heavy atom. The predicted octanol–water partition coefficient (Wildman–Crippen LogP) is 5.55. The van der Waals surface area contributed by atoms with E-state index in [9.17, 15) is 9.59 Å². The van der Waals surface area contributed by atoms with Crippen LogP contribution in [-0.2, 0) is 14.3 Å². The molecule has 0 spiro atoms. The van der Waals surface area contributed by atoms with Crippen molar-refractivity contribution >= 4 is 29.1 Å². The number of hydrazone groups is 1. The van der Waals surface area contributed by atoms with Gasteiger partial charge in [0.25, 0.3) is 5.91 Å². The molecule has 0 aromatic heterocycles. The Hall–Kier alpha value is -2.70. The quantitative estimate of drug-likeness (QED) is 0.480. The molecule has 0 N–H and O–H groups in total. The maximum Gasteiger partial charge on any atom is 0.262 e. The van der Waals surface area contributed by atoms with Gasteiger partial charge in [0.05, 0.1) is 18.4 Å². The summed E-state index contributed by atoms with van der Waals surface area (Å²) in [7, 11) is 1.59. The molecule has 1 heterocycles. The minimum atomic E-state index is -0.338. The van der Waals surface area contributed by atoms with Gasteiger partial charge < -0.3 is 9.64 Å². The first kappa shape index (κ1) is 26.9. The van der Waals surface area contributed by atoms with Crippen molar-refractivity contribution in [2.75, 3.05) is 26.8 Å². The third-order valence-corrected chi connectivity index (χ3v) is 6.54. The average Bonchev–Trinajstić information content (AvgIpc) is 3.22. The lowest BCUT2D eigenvalue weighted by Crippen LogP contribution is -2.43. The van der Waals surface area contributed by atoms with Crippen molar-refractivity contribution in [2.24, 2.45) is 10.5 Å². The van der Waals surface area contributed by atoms with E-state index in [0.717, 1.165) is 16.8 Å². The molecule has 6 nitrogen and oxygen atoms in total. The van der Waals surface area contributed by atoms with Crippen LogP contribution in [-0.4, -0.2) is 54.2 Å². The first-order valence-electron chi connectivity index (χ1n) is 12.0. The molecule has 2 aromatic carbocycles. The lowest BCUT2D eigenvalue weighted by Gasteiger charge is -2.29. The number of rotatable bonds is 8. The van der Waals surface area contributed by atoms with Crippen LogP contribution in [0, 0.1) is 19.3 Å². The number of hydrogen-bond donors (Lipinski definition) is 0. The Kier molecular flexibility index (Phi) is 8.73. The third kappa shape index (κ3) is 6.92. The van der Waals surface area contributed by atoms with E-state index in [-0.39, 0.29) is 29.8 Å². The van der Waals surface area contributed by atoms with Crippen LogP contribution < -0.4 is 0 Å². The van der Waals surface area contributed by atoms with E-state index in [4.69, 9.17) is 21.4 Å². The number of carbonyl (C=O) groups excluding carboxylic acids is 2. The molecule has 1 atom stereocenters. The Bertz CT molecular complexity index is 1110. The fourth-order valence-electron chi connectivity index (χ4n) is 4.12. The summed E-state index contributed by atoms with van der Waals surface area (Å²) < 4.78 is 5.20. The SMILES string of the molecule is COCCN(CC(=O)N1N=C(c2ccc(C)c(C)c2)C[C@H]1c1ccccc1Cl)C(=O)CC(C)(C)C. The van der Waals surface area contributed by atoms with Crippen LogP contribution in [0.1, 0.15) is 61.9 Å². The first-order valence-corrected chi connectivity index (χ1v) is 12.4. The molecule has 0 radical (unpaired) electrons. The summed E-state index contributed by atoms with van der Waals surface area (Å²) in [6, 6.07) is 13.4. The van der Waals surface area contributed by atoms with Crippen molar-refractivity contribution in [2.45, 2.75) is 53.5 Å². The molecule has 35 heavy (non-hydrogen) atoms. The van der Waals surface area contributed by atoms with Gasteiger partial charge in [0.2, 0.25) is 5.91 Å². The van der Waals surface area contributed by atoms with Gasteiger partial charge in [0.15, 0.2) is 0 Å². The molecule has 1 aliphatic heterocycles. The minimum Gasteiger partial charge on any atom is -0.383 e. The van der Waals surface area contributed by atoms with E-state index in [1.54, 1.807) is 12.0 Å². The highest BCUT2D eigenvalue weighted by Gasteiger charge is 2.35. The number of nitrogens with zero attached hydrogens (tertiary/aromatic N) is 3. The highest BCUT2D eigenvalue weighted by Crippen LogP contribution is 2.36. The Labute approximate surface area is 213 Å². The second-order valence-electron chi connectivity index (χ2n) is 10.4. The van der Waals surface area contributed by atoms with Crippen LogP contribution in [0.15, 0.2) is 47.6 Å². The number of benzene rings is 2. The summed E-state index contributed by atoms with van der Waals surface area (Å²) in [5.74, 6) is -0.318. The molecule has 0 saturated heterocycles. The van der Waals surface area contributed by atoms with Crippen LogP contribution in [0.3, 0.4) is 0 Å². The van der Waals surface area contributed by atoms with Crippen molar-refractivity contribution in [3.8, 4) is 0 Å². The van der Waals surface area contributed by atoms with E-state index in [0.29, 0.717) is 31.0 Å². The topological polar surface area (TPSA) is 62.2 Å². The highest BCUT2D eigenvalue weighted by atomic mass is 35.5. The molecule has 188 valence electrons. The fourth-order valence-corrected chi connectivity index (χ4v) is 4.38. The van der Waals surface area contributed by atoms with Gasteiger partial charge in [-0.15, -0.1) is 0 Å². The molecular formula is C28H36ClN3O3. The molecule has 0 fully saturated rings. The summed E-state index contributed by atoms with van der Waals surface area (Å²) in [5.41, 5.74) is 4.84. The smallest absolute Gasteiger partial charge is 0.262 e. The van der Waals surface area contributed by atoms with Gasteiger partial charge in [-0.2, -0.15) is 5.10 Å². The van der Waals surface area contributed by atoms with Gasteiger partial charge in [-0.3, -0.25) is 9.59 Å². The molecule has 0 unspecified atom stereocenters. The van der Waals surface area contributed by atoms with Gasteiger partial charge in [-0.1, -0.05) is 62.7 Å². The van der Waals surface area contributed by atoms with Gasteiger partial charge in [0, 0.05) is 31.5 Å². The maximum absolute atomic E-state index is 13.6. The van der Waals surface area contributed by atoms with E-state index in [1.165, 1.54) is 16.1 Å². The lowest BCUT2D eigenvalue weighted by atomic mass is 9.91. The molecule has 2 aromatic rings. The number of hydrogen-bond acceptors (Lipinski definition) is 4. The Morgan fingerprint density at radius 3 is 2.49 bits per heavy atom. The summed E-state index contributed by atoms with van der Waals surface area (Å²) in [4.78, 5) is 28.2. The van der Waals surface area contributed by atoms with Crippen molar-refractivity contribution < 1.29 is 14.3 Å². The Balaban J connectivity index is 1.93. The number of amides is 2. The van der Waals surface area contributed by atoms with Gasteiger partial charge in [0.1, 0.15) is 6.54 Å². The zero-order chi connectivity index (χ0) is 25.8. The second kappa shape index (κ2) is 11.4. The van der Waals surface area contributed by atoms with Gasteiger partial charge in [-0.05, 0) is 53.6 Å². The molecule has 3 rings (SSSR count). The molecule has 0 saturated carbocycles. The van der Waals surface area contributed by atoms with E-state index < -0.39 is 0 Å². The maximum atomic E-state index is 13.6. The third-order valence-electron chi connectivity index (χ3n) is 6.20. The highest BCUT2D eigenvalue weighted by molar-refractivity contribution is 6.31. The summed E-state index contributed by atoms with van der Waals surface area (Å²) in [5, 5.41) is 6.87. The van der Waals surface area contributed by atoms with Gasteiger partial charge in [-0.25, -0.2) is 5.01 Å². The van der Waals surface area contributed by atoms with Gasteiger partial charge >= 0.3 is 0 Å². The van der Waals surface area contributed by atoms with Crippen LogP contribution in [0.25, 0.3) is 0 Å². The van der Waals surface area contributed by atoms with Crippen LogP contribution in [0.4, 0.5) is 0 Å². The zero-order valence-corrected chi connectivity index (χ0v) is 22.4. The van der Waals surface area contributed by atoms with E-state index >= 15 is 0 Å². The predicted molar refractivity (Wildman–Crippen MR) is 141 cm³/mol. The number of methoxy groups -OCH3 is 1. The fraction of sp³-hybridized carbons (Fsp3) is 0.464. The average molecular weight is 498 g/mol. The van der Waals surface area contributed by atoms with Crippen LogP contribution >= 0.6 is 11.6 Å². The van der Waals surface area contributed by atoms with E-state index in [1.807, 2.05) is 51.1 Å². The van der Waals surface area contributed by atoms with Crippen LogP contribution in [0.5, 0.6) is 0 Å². The minimum absolute atomic E-state index is 0.0665. The standard InChI is InChI=1S/C28H36ClN3O3/c1-19-11-12-21(15-20(19)2)24-16-25(22-9-7-8-10-23(22)29)32(30-24)27(34)18-31(13-14-35-6)26(33)17-28(3,4)5/h7-12,15,25H,13-14,16-18H2,1-6H3/t25-/m0/s1. The van der Waals surface area contributed by atoms with Crippen molar-refractivity contribution in [1.82, 2.24) is 9.91 Å². The Morgan fingerprint density at radius 1 is 1.14 bits per heavy atom. The van der Waals surface area contributed by atoms with Crippen LogP contribution in [0.2, 0.25) is 5.02 Å². The van der Waals surface area contributed by atoms with Crippen molar-refractivity contribution in [3.63, 3.8) is 0 Å². The van der Waals surface area contributed by atoms with Crippen molar-refractivity contribution in [3.05, 3.63) is 69.7 Å². The lowest BCUT2D eigenvalue weighted by molar-refractivity contribution is -0.143. The molecule has 0 bridgehead atoms. The number of ether oxygens (including phenoxy) is 1. The first-order chi connectivity index (χ1) is 16.5. The number of aryl methyl sites for hydroxylation is 2. The molecule has 1 aliphatic rings.